The Balaban J connectivity index is 2.86. The molecule has 0 aliphatic heterocycles. The topological polar surface area (TPSA) is 21.3 Å². The average molecular weight is 314 g/mol. The van der Waals surface area contributed by atoms with Crippen molar-refractivity contribution in [2.24, 2.45) is 5.92 Å². The molecule has 0 radical (unpaired) electrons. The Morgan fingerprint density at radius 3 is 2.44 bits per heavy atom. The van der Waals surface area contributed by atoms with Gasteiger partial charge >= 0.3 is 0 Å². The van der Waals surface area contributed by atoms with E-state index in [2.05, 4.69) is 54.3 Å². The van der Waals surface area contributed by atoms with Crippen LogP contribution < -0.4 is 10.1 Å². The van der Waals surface area contributed by atoms with Crippen molar-refractivity contribution in [1.29, 1.82) is 0 Å². The van der Waals surface area contributed by atoms with Crippen LogP contribution in [0.1, 0.15) is 32.3 Å². The summed E-state index contributed by atoms with van der Waals surface area (Å²) in [7, 11) is 3.76. The first-order valence-electron chi connectivity index (χ1n) is 6.65. The highest BCUT2D eigenvalue weighted by Crippen LogP contribution is 2.26. The van der Waals surface area contributed by atoms with Crippen molar-refractivity contribution < 1.29 is 4.74 Å². The fourth-order valence-corrected chi connectivity index (χ4v) is 2.84. The molecule has 102 valence electrons. The molecule has 0 aromatic heterocycles. The van der Waals surface area contributed by atoms with Crippen LogP contribution >= 0.6 is 15.9 Å². The average Bonchev–Trinajstić information content (AvgIpc) is 2.40. The Hall–Kier alpha value is -0.540. The Morgan fingerprint density at radius 1 is 1.28 bits per heavy atom. The van der Waals surface area contributed by atoms with Crippen molar-refractivity contribution in [1.82, 2.24) is 5.32 Å². The number of rotatable bonds is 7. The molecule has 1 N–H and O–H groups in total. The van der Waals surface area contributed by atoms with E-state index in [1.165, 1.54) is 18.4 Å². The second-order valence-corrected chi connectivity index (χ2v) is 5.49. The maximum atomic E-state index is 5.30. The molecule has 0 fully saturated rings. The van der Waals surface area contributed by atoms with Crippen molar-refractivity contribution >= 4 is 15.9 Å². The molecule has 1 rings (SSSR count). The first-order chi connectivity index (χ1) is 8.65. The van der Waals surface area contributed by atoms with E-state index in [0.29, 0.717) is 12.0 Å². The first-order valence-corrected chi connectivity index (χ1v) is 7.45. The van der Waals surface area contributed by atoms with Gasteiger partial charge in [0.05, 0.1) is 7.11 Å². The Labute approximate surface area is 119 Å². The molecule has 3 heteroatoms. The minimum atomic E-state index is 0.517. The summed E-state index contributed by atoms with van der Waals surface area (Å²) in [6.45, 7) is 4.53. The van der Waals surface area contributed by atoms with Crippen LogP contribution in [-0.2, 0) is 6.42 Å². The van der Waals surface area contributed by atoms with Crippen molar-refractivity contribution in [2.75, 3.05) is 14.2 Å². The zero-order valence-electron chi connectivity index (χ0n) is 11.8. The Kier molecular flexibility index (Phi) is 6.72. The highest BCUT2D eigenvalue weighted by Gasteiger charge is 2.18. The molecule has 0 aliphatic rings. The van der Waals surface area contributed by atoms with Crippen LogP contribution in [0.15, 0.2) is 22.7 Å². The molecule has 0 amide bonds. The van der Waals surface area contributed by atoms with Crippen LogP contribution in [0.3, 0.4) is 0 Å². The molecule has 18 heavy (non-hydrogen) atoms. The maximum Gasteiger partial charge on any atom is 0.119 e. The summed E-state index contributed by atoms with van der Waals surface area (Å²) in [4.78, 5) is 0. The zero-order chi connectivity index (χ0) is 13.5. The van der Waals surface area contributed by atoms with Crippen molar-refractivity contribution in [2.45, 2.75) is 39.2 Å². The van der Waals surface area contributed by atoms with E-state index in [0.717, 1.165) is 16.6 Å². The van der Waals surface area contributed by atoms with E-state index in [-0.39, 0.29) is 0 Å². The Bertz CT molecular complexity index is 364. The van der Waals surface area contributed by atoms with Gasteiger partial charge < -0.3 is 10.1 Å². The van der Waals surface area contributed by atoms with Crippen molar-refractivity contribution in [3.63, 3.8) is 0 Å². The van der Waals surface area contributed by atoms with Gasteiger partial charge in [-0.15, -0.1) is 0 Å². The number of ether oxygens (including phenoxy) is 1. The number of methoxy groups -OCH3 is 1. The van der Waals surface area contributed by atoms with E-state index < -0.39 is 0 Å². The van der Waals surface area contributed by atoms with Crippen LogP contribution in [0.4, 0.5) is 0 Å². The van der Waals surface area contributed by atoms with Crippen LogP contribution in [-0.4, -0.2) is 20.2 Å². The number of nitrogens with one attached hydrogen (secondary N) is 1. The highest BCUT2D eigenvalue weighted by molar-refractivity contribution is 9.10. The van der Waals surface area contributed by atoms with Gasteiger partial charge in [-0.3, -0.25) is 0 Å². The van der Waals surface area contributed by atoms with Gasteiger partial charge in [-0.2, -0.15) is 0 Å². The minimum absolute atomic E-state index is 0.517. The lowest BCUT2D eigenvalue weighted by molar-refractivity contribution is 0.348. The number of hydrogen-bond donors (Lipinski definition) is 1. The molecule has 0 saturated carbocycles. The third kappa shape index (κ3) is 3.99. The summed E-state index contributed by atoms with van der Waals surface area (Å²) in [5.74, 6) is 1.64. The summed E-state index contributed by atoms with van der Waals surface area (Å²) >= 11 is 3.63. The molecular weight excluding hydrogens is 290 g/mol. The minimum Gasteiger partial charge on any atom is -0.497 e. The third-order valence-electron chi connectivity index (χ3n) is 3.68. The molecule has 1 atom stereocenters. The van der Waals surface area contributed by atoms with Gasteiger partial charge in [0.25, 0.3) is 0 Å². The van der Waals surface area contributed by atoms with Gasteiger partial charge in [-0.05, 0) is 43.1 Å². The number of halogens is 1. The normalized spacial score (nSPS) is 12.8. The lowest BCUT2D eigenvalue weighted by Crippen LogP contribution is -2.35. The van der Waals surface area contributed by atoms with Crippen molar-refractivity contribution in [3.05, 3.63) is 28.2 Å². The number of hydrogen-bond acceptors (Lipinski definition) is 2. The van der Waals surface area contributed by atoms with Crippen LogP contribution in [0.2, 0.25) is 0 Å². The maximum absolute atomic E-state index is 5.30. The predicted molar refractivity (Wildman–Crippen MR) is 81.3 cm³/mol. The monoisotopic (exact) mass is 313 g/mol. The van der Waals surface area contributed by atoms with E-state index >= 15 is 0 Å². The molecule has 1 aromatic rings. The van der Waals surface area contributed by atoms with Gasteiger partial charge in [-0.25, -0.2) is 0 Å². The van der Waals surface area contributed by atoms with Crippen LogP contribution in [0.25, 0.3) is 0 Å². The molecule has 0 spiro atoms. The molecular formula is C15H24BrNO. The second kappa shape index (κ2) is 7.80. The molecule has 1 aromatic carbocycles. The highest BCUT2D eigenvalue weighted by atomic mass is 79.9. The standard InChI is InChI=1S/C15H24BrNO/c1-5-11(6-2)15(17-3)10-12-9-13(18-4)7-8-14(12)16/h7-9,11,15,17H,5-6,10H2,1-4H3. The van der Waals surface area contributed by atoms with E-state index in [1.54, 1.807) is 7.11 Å². The van der Waals surface area contributed by atoms with Gasteiger partial charge in [-0.1, -0.05) is 42.6 Å². The summed E-state index contributed by atoms with van der Waals surface area (Å²) in [6.07, 6.45) is 3.45. The van der Waals surface area contributed by atoms with Gasteiger partial charge in [0.1, 0.15) is 5.75 Å². The molecule has 0 heterocycles. The number of benzene rings is 1. The Morgan fingerprint density at radius 2 is 1.94 bits per heavy atom. The fourth-order valence-electron chi connectivity index (χ4n) is 2.43. The lowest BCUT2D eigenvalue weighted by Gasteiger charge is -2.25. The summed E-state index contributed by atoms with van der Waals surface area (Å²) < 4.78 is 6.46. The van der Waals surface area contributed by atoms with Crippen LogP contribution in [0, 0.1) is 5.92 Å². The van der Waals surface area contributed by atoms with E-state index in [1.807, 2.05) is 6.07 Å². The second-order valence-electron chi connectivity index (χ2n) is 4.63. The van der Waals surface area contributed by atoms with Crippen LogP contribution in [0.5, 0.6) is 5.75 Å². The quantitative estimate of drug-likeness (QED) is 0.820. The largest absolute Gasteiger partial charge is 0.497 e. The van der Waals surface area contributed by atoms with Gasteiger partial charge in [0.15, 0.2) is 0 Å². The summed E-state index contributed by atoms with van der Waals surface area (Å²) in [5.41, 5.74) is 1.31. The summed E-state index contributed by atoms with van der Waals surface area (Å²) in [5, 5.41) is 3.46. The van der Waals surface area contributed by atoms with Crippen molar-refractivity contribution in [3.8, 4) is 5.75 Å². The predicted octanol–water partition coefficient (Wildman–Crippen LogP) is 4.02. The third-order valence-corrected chi connectivity index (χ3v) is 4.45. The van der Waals surface area contributed by atoms with Gasteiger partial charge in [0, 0.05) is 10.5 Å². The number of likely N-dealkylation sites (N-methyl/N-ethyl adjacent to an activating group) is 1. The molecule has 1 unspecified atom stereocenters. The van der Waals surface area contributed by atoms with Gasteiger partial charge in [0.2, 0.25) is 0 Å². The molecule has 0 bridgehead atoms. The summed E-state index contributed by atoms with van der Waals surface area (Å²) in [6, 6.07) is 6.69. The van der Waals surface area contributed by atoms with E-state index in [9.17, 15) is 0 Å². The lowest BCUT2D eigenvalue weighted by atomic mass is 9.89. The molecule has 0 saturated heterocycles. The SMILES string of the molecule is CCC(CC)C(Cc1cc(OC)ccc1Br)NC. The molecule has 0 aliphatic carbocycles. The zero-order valence-corrected chi connectivity index (χ0v) is 13.4. The molecule has 2 nitrogen and oxygen atoms in total. The first kappa shape index (κ1) is 15.5. The smallest absolute Gasteiger partial charge is 0.119 e. The fraction of sp³-hybridized carbons (Fsp3) is 0.600. The van der Waals surface area contributed by atoms with E-state index in [4.69, 9.17) is 4.74 Å².